The van der Waals surface area contributed by atoms with E-state index in [1.165, 1.54) is 4.90 Å². The smallest absolute Gasteiger partial charge is 0.322 e. The second kappa shape index (κ2) is 6.80. The molecule has 0 saturated carbocycles. The minimum atomic E-state index is -0.237. The molecule has 0 fully saturated rings. The molecule has 1 aromatic carbocycles. The van der Waals surface area contributed by atoms with Gasteiger partial charge in [-0.3, -0.25) is 0 Å². The number of carbonyl (C=O) groups excluding carboxylic acids is 1. The predicted octanol–water partition coefficient (Wildman–Crippen LogP) is 1.84. The number of nitrogens with one attached hydrogen (secondary N) is 1. The number of methoxy groups -OCH3 is 1. The number of hydrogen-bond donors (Lipinski definition) is 2. The molecular weight excluding hydrogens is 250 g/mol. The van der Waals surface area contributed by atoms with Gasteiger partial charge in [0.15, 0.2) is 0 Å². The first-order valence-corrected chi connectivity index (χ1v) is 5.96. The Morgan fingerprint density at radius 2 is 2.28 bits per heavy atom. The van der Waals surface area contributed by atoms with Crippen LogP contribution in [0.25, 0.3) is 0 Å². The standard InChI is InChI=1S/C12H17N3O2S/c1-3-15(8-11(13)18)12(16)14-9-5-4-6-10(7-9)17-2/h4-7H,3,8H2,1-2H3,(H2,13,18)(H,14,16). The van der Waals surface area contributed by atoms with Gasteiger partial charge in [0.05, 0.1) is 18.6 Å². The average Bonchev–Trinajstić information content (AvgIpc) is 2.35. The number of amides is 2. The van der Waals surface area contributed by atoms with Crippen molar-refractivity contribution in [3.8, 4) is 5.75 Å². The fourth-order valence-corrected chi connectivity index (χ4v) is 1.57. The maximum absolute atomic E-state index is 11.9. The number of hydrogen-bond acceptors (Lipinski definition) is 3. The summed E-state index contributed by atoms with van der Waals surface area (Å²) in [5.74, 6) is 0.685. The summed E-state index contributed by atoms with van der Waals surface area (Å²) in [5.41, 5.74) is 6.10. The van der Waals surface area contributed by atoms with Gasteiger partial charge in [-0.15, -0.1) is 0 Å². The molecule has 6 heteroatoms. The molecule has 0 spiro atoms. The summed E-state index contributed by atoms with van der Waals surface area (Å²) in [6.07, 6.45) is 0. The van der Waals surface area contributed by atoms with Gasteiger partial charge >= 0.3 is 6.03 Å². The van der Waals surface area contributed by atoms with Gasteiger partial charge in [0.1, 0.15) is 5.75 Å². The van der Waals surface area contributed by atoms with Gasteiger partial charge in [-0.05, 0) is 19.1 Å². The zero-order valence-corrected chi connectivity index (χ0v) is 11.3. The van der Waals surface area contributed by atoms with Crippen LogP contribution in [0.15, 0.2) is 24.3 Å². The third-order valence-electron chi connectivity index (χ3n) is 2.34. The van der Waals surface area contributed by atoms with Gasteiger partial charge in [-0.1, -0.05) is 18.3 Å². The normalized spacial score (nSPS) is 9.67. The van der Waals surface area contributed by atoms with Crippen molar-refractivity contribution in [2.75, 3.05) is 25.5 Å². The highest BCUT2D eigenvalue weighted by Crippen LogP contribution is 2.16. The van der Waals surface area contributed by atoms with Crippen molar-refractivity contribution in [2.24, 2.45) is 5.73 Å². The topological polar surface area (TPSA) is 67.6 Å². The van der Waals surface area contributed by atoms with E-state index in [-0.39, 0.29) is 17.6 Å². The molecular formula is C12H17N3O2S. The Morgan fingerprint density at radius 1 is 1.56 bits per heavy atom. The first kappa shape index (κ1) is 14.2. The minimum Gasteiger partial charge on any atom is -0.497 e. The molecule has 0 saturated heterocycles. The van der Waals surface area contributed by atoms with Crippen LogP contribution >= 0.6 is 12.2 Å². The average molecular weight is 267 g/mol. The molecule has 0 bridgehead atoms. The zero-order valence-electron chi connectivity index (χ0n) is 10.5. The largest absolute Gasteiger partial charge is 0.497 e. The van der Waals surface area contributed by atoms with E-state index in [1.807, 2.05) is 13.0 Å². The molecule has 1 aromatic rings. The maximum Gasteiger partial charge on any atom is 0.322 e. The van der Waals surface area contributed by atoms with Crippen LogP contribution in [0.2, 0.25) is 0 Å². The Hall–Kier alpha value is -1.82. The molecule has 2 amide bonds. The fraction of sp³-hybridized carbons (Fsp3) is 0.333. The molecule has 0 aliphatic carbocycles. The quantitative estimate of drug-likeness (QED) is 0.799. The lowest BCUT2D eigenvalue weighted by atomic mass is 10.3. The number of urea groups is 1. The predicted molar refractivity (Wildman–Crippen MR) is 76.0 cm³/mol. The van der Waals surface area contributed by atoms with Crippen molar-refractivity contribution in [3.05, 3.63) is 24.3 Å². The van der Waals surface area contributed by atoms with Gasteiger partial charge in [-0.2, -0.15) is 0 Å². The highest BCUT2D eigenvalue weighted by molar-refractivity contribution is 7.80. The van der Waals surface area contributed by atoms with E-state index in [9.17, 15) is 4.79 Å². The monoisotopic (exact) mass is 267 g/mol. The van der Waals surface area contributed by atoms with Crippen molar-refractivity contribution in [1.29, 1.82) is 0 Å². The number of benzene rings is 1. The van der Waals surface area contributed by atoms with Crippen molar-refractivity contribution in [1.82, 2.24) is 4.90 Å². The molecule has 98 valence electrons. The van der Waals surface area contributed by atoms with Crippen LogP contribution < -0.4 is 15.8 Å². The van der Waals surface area contributed by atoms with E-state index in [0.717, 1.165) is 0 Å². The summed E-state index contributed by atoms with van der Waals surface area (Å²) >= 11 is 4.80. The van der Waals surface area contributed by atoms with E-state index >= 15 is 0 Å². The zero-order chi connectivity index (χ0) is 13.5. The van der Waals surface area contributed by atoms with Gasteiger partial charge in [0, 0.05) is 18.3 Å². The van der Waals surface area contributed by atoms with Gasteiger partial charge in [0.25, 0.3) is 0 Å². The summed E-state index contributed by atoms with van der Waals surface area (Å²) in [7, 11) is 1.58. The van der Waals surface area contributed by atoms with Crippen molar-refractivity contribution in [3.63, 3.8) is 0 Å². The Labute approximate surface area is 112 Å². The molecule has 0 unspecified atom stereocenters. The van der Waals surface area contributed by atoms with Crippen LogP contribution in [-0.2, 0) is 0 Å². The number of rotatable bonds is 5. The molecule has 5 nitrogen and oxygen atoms in total. The first-order valence-electron chi connectivity index (χ1n) is 5.55. The number of nitrogens with two attached hydrogens (primary N) is 1. The molecule has 0 aliphatic heterocycles. The van der Waals surface area contributed by atoms with E-state index in [0.29, 0.717) is 18.0 Å². The third kappa shape index (κ3) is 4.21. The van der Waals surface area contributed by atoms with Gasteiger partial charge in [-0.25, -0.2) is 4.79 Å². The minimum absolute atomic E-state index is 0.237. The van der Waals surface area contributed by atoms with Crippen LogP contribution in [0.1, 0.15) is 6.92 Å². The summed E-state index contributed by atoms with van der Waals surface area (Å²) in [4.78, 5) is 13.8. The molecule has 0 atom stereocenters. The van der Waals surface area contributed by atoms with Crippen LogP contribution in [0, 0.1) is 0 Å². The van der Waals surface area contributed by atoms with E-state index < -0.39 is 0 Å². The molecule has 0 heterocycles. The fourth-order valence-electron chi connectivity index (χ4n) is 1.42. The van der Waals surface area contributed by atoms with Gasteiger partial charge < -0.3 is 20.7 Å². The molecule has 0 aromatic heterocycles. The lowest BCUT2D eigenvalue weighted by Gasteiger charge is -2.20. The van der Waals surface area contributed by atoms with Crippen LogP contribution in [-0.4, -0.2) is 36.1 Å². The molecule has 0 aliphatic rings. The number of likely N-dealkylation sites (N-methyl/N-ethyl adjacent to an activating group) is 1. The van der Waals surface area contributed by atoms with Crippen LogP contribution in [0.5, 0.6) is 5.75 Å². The highest BCUT2D eigenvalue weighted by atomic mass is 32.1. The van der Waals surface area contributed by atoms with Crippen molar-refractivity contribution < 1.29 is 9.53 Å². The van der Waals surface area contributed by atoms with Gasteiger partial charge in [0.2, 0.25) is 0 Å². The van der Waals surface area contributed by atoms with E-state index in [1.54, 1.807) is 25.3 Å². The Kier molecular flexibility index (Phi) is 5.38. The third-order valence-corrected chi connectivity index (χ3v) is 2.47. The summed E-state index contributed by atoms with van der Waals surface area (Å²) < 4.78 is 5.08. The number of carbonyl (C=O) groups is 1. The first-order chi connectivity index (χ1) is 8.56. The number of thiocarbonyl (C=S) groups is 1. The molecule has 18 heavy (non-hydrogen) atoms. The second-order valence-corrected chi connectivity index (χ2v) is 4.17. The van der Waals surface area contributed by atoms with Crippen molar-refractivity contribution >= 4 is 28.9 Å². The summed E-state index contributed by atoms with van der Waals surface area (Å²) in [5, 5.41) is 2.76. The van der Waals surface area contributed by atoms with E-state index in [2.05, 4.69) is 5.32 Å². The maximum atomic E-state index is 11.9. The van der Waals surface area contributed by atoms with Crippen LogP contribution in [0.4, 0.5) is 10.5 Å². The number of ether oxygens (including phenoxy) is 1. The Balaban J connectivity index is 2.69. The second-order valence-electron chi connectivity index (χ2n) is 3.64. The van der Waals surface area contributed by atoms with Crippen LogP contribution in [0.3, 0.4) is 0 Å². The lowest BCUT2D eigenvalue weighted by molar-refractivity contribution is 0.221. The molecule has 3 N–H and O–H groups in total. The number of nitrogens with zero attached hydrogens (tertiary/aromatic N) is 1. The summed E-state index contributed by atoms with van der Waals surface area (Å²) in [6.45, 7) is 2.66. The molecule has 1 rings (SSSR count). The lowest BCUT2D eigenvalue weighted by Crippen LogP contribution is -2.40. The van der Waals surface area contributed by atoms with E-state index in [4.69, 9.17) is 22.7 Å². The molecule has 0 radical (unpaired) electrons. The van der Waals surface area contributed by atoms with Crippen molar-refractivity contribution in [2.45, 2.75) is 6.92 Å². The summed E-state index contributed by atoms with van der Waals surface area (Å²) in [6, 6.07) is 6.90. The number of anilines is 1. The SMILES string of the molecule is CCN(CC(N)=S)C(=O)Nc1cccc(OC)c1. The Bertz CT molecular complexity index is 437. The highest BCUT2D eigenvalue weighted by Gasteiger charge is 2.12. The Morgan fingerprint density at radius 3 is 2.83 bits per heavy atom.